The minimum absolute atomic E-state index is 0.281. The molecule has 0 saturated carbocycles. The smallest absolute Gasteiger partial charge is 0.320 e. The third kappa shape index (κ3) is 2.62. The third-order valence-electron chi connectivity index (χ3n) is 3.05. The van der Waals surface area contributed by atoms with E-state index in [1.54, 1.807) is 11.3 Å². The molecule has 1 N–H and O–H groups in total. The Morgan fingerprint density at radius 1 is 1.56 bits per heavy atom. The Labute approximate surface area is 99.7 Å². The maximum absolute atomic E-state index is 11.1. The van der Waals surface area contributed by atoms with E-state index in [9.17, 15) is 4.79 Å². The van der Waals surface area contributed by atoms with Crippen LogP contribution in [-0.4, -0.2) is 28.6 Å². The first-order valence-electron chi connectivity index (χ1n) is 5.69. The molecule has 0 bridgehead atoms. The average molecular weight is 239 g/mol. The second-order valence-corrected chi connectivity index (χ2v) is 5.71. The Kier molecular flexibility index (Phi) is 3.61. The number of carbonyl (C=O) groups is 1. The molecule has 1 aliphatic heterocycles. The minimum atomic E-state index is -0.673. The number of carboxylic acids is 1. The van der Waals surface area contributed by atoms with Crippen molar-refractivity contribution in [2.24, 2.45) is 0 Å². The molecule has 0 aliphatic carbocycles. The van der Waals surface area contributed by atoms with Crippen LogP contribution in [0.2, 0.25) is 0 Å². The van der Waals surface area contributed by atoms with Crippen LogP contribution in [0.25, 0.3) is 0 Å². The van der Waals surface area contributed by atoms with Gasteiger partial charge in [0.25, 0.3) is 0 Å². The number of aryl methyl sites for hydroxylation is 1. The van der Waals surface area contributed by atoms with Crippen molar-refractivity contribution in [1.82, 2.24) is 4.90 Å². The van der Waals surface area contributed by atoms with Crippen molar-refractivity contribution in [2.75, 3.05) is 6.54 Å². The molecule has 0 radical (unpaired) electrons. The summed E-state index contributed by atoms with van der Waals surface area (Å²) in [6, 6.07) is 3.92. The topological polar surface area (TPSA) is 40.5 Å². The summed E-state index contributed by atoms with van der Waals surface area (Å²) in [5, 5.41) is 9.15. The SMILES string of the molecule is Cc1ccc(CN2CCCCC2C(=O)O)s1. The molecule has 2 rings (SSSR count). The van der Waals surface area contributed by atoms with E-state index in [1.165, 1.54) is 9.75 Å². The molecule has 0 amide bonds. The predicted octanol–water partition coefficient (Wildman–Crippen LogP) is 2.50. The Morgan fingerprint density at radius 2 is 2.38 bits per heavy atom. The average Bonchev–Trinajstić information content (AvgIpc) is 2.64. The highest BCUT2D eigenvalue weighted by Gasteiger charge is 2.28. The maximum atomic E-state index is 11.1. The molecule has 1 aromatic rings. The summed E-state index contributed by atoms with van der Waals surface area (Å²) in [6.07, 6.45) is 2.95. The molecular formula is C12H17NO2S. The highest BCUT2D eigenvalue weighted by Crippen LogP contribution is 2.23. The maximum Gasteiger partial charge on any atom is 0.320 e. The standard InChI is InChI=1S/C12H17NO2S/c1-9-5-6-10(16-9)8-13-7-3-2-4-11(13)12(14)15/h5-6,11H,2-4,7-8H2,1H3,(H,14,15). The molecule has 0 spiro atoms. The number of carboxylic acid groups (broad SMARTS) is 1. The number of nitrogens with zero attached hydrogens (tertiary/aromatic N) is 1. The van der Waals surface area contributed by atoms with E-state index in [-0.39, 0.29) is 6.04 Å². The Bertz CT molecular complexity index is 375. The number of thiophene rings is 1. The zero-order chi connectivity index (χ0) is 11.5. The number of rotatable bonds is 3. The molecule has 0 aromatic carbocycles. The van der Waals surface area contributed by atoms with Crippen molar-refractivity contribution in [3.63, 3.8) is 0 Å². The monoisotopic (exact) mass is 239 g/mol. The van der Waals surface area contributed by atoms with Gasteiger partial charge < -0.3 is 5.11 Å². The number of piperidine rings is 1. The summed E-state index contributed by atoms with van der Waals surface area (Å²) in [5.74, 6) is -0.673. The van der Waals surface area contributed by atoms with Gasteiger partial charge in [0.2, 0.25) is 0 Å². The molecule has 4 heteroatoms. The predicted molar refractivity (Wildman–Crippen MR) is 64.7 cm³/mol. The van der Waals surface area contributed by atoms with Crippen molar-refractivity contribution in [1.29, 1.82) is 0 Å². The van der Waals surface area contributed by atoms with Crippen molar-refractivity contribution in [2.45, 2.75) is 38.8 Å². The van der Waals surface area contributed by atoms with Gasteiger partial charge in [-0.2, -0.15) is 0 Å². The van der Waals surface area contributed by atoms with Crippen LogP contribution in [0.1, 0.15) is 29.0 Å². The molecule has 1 fully saturated rings. The summed E-state index contributed by atoms with van der Waals surface area (Å²) in [6.45, 7) is 3.78. The van der Waals surface area contributed by atoms with Gasteiger partial charge in [-0.1, -0.05) is 6.42 Å². The van der Waals surface area contributed by atoms with Gasteiger partial charge in [0.15, 0.2) is 0 Å². The molecule has 1 unspecified atom stereocenters. The van der Waals surface area contributed by atoms with Crippen LogP contribution < -0.4 is 0 Å². The Morgan fingerprint density at radius 3 is 3.00 bits per heavy atom. The number of likely N-dealkylation sites (tertiary alicyclic amines) is 1. The molecule has 1 aliphatic rings. The van der Waals surface area contributed by atoms with Crippen molar-refractivity contribution < 1.29 is 9.90 Å². The molecule has 16 heavy (non-hydrogen) atoms. The second-order valence-electron chi connectivity index (χ2n) is 4.33. The molecule has 1 saturated heterocycles. The van der Waals surface area contributed by atoms with Crippen molar-refractivity contribution >= 4 is 17.3 Å². The van der Waals surface area contributed by atoms with Crippen LogP contribution in [0.5, 0.6) is 0 Å². The number of aliphatic carboxylic acids is 1. The van der Waals surface area contributed by atoms with Crippen LogP contribution in [0.4, 0.5) is 0 Å². The molecule has 2 heterocycles. The number of hydrogen-bond donors (Lipinski definition) is 1. The summed E-state index contributed by atoms with van der Waals surface area (Å²) < 4.78 is 0. The minimum Gasteiger partial charge on any atom is -0.480 e. The van der Waals surface area contributed by atoms with E-state index >= 15 is 0 Å². The lowest BCUT2D eigenvalue weighted by atomic mass is 10.0. The van der Waals surface area contributed by atoms with Crippen LogP contribution >= 0.6 is 11.3 Å². The third-order valence-corrected chi connectivity index (χ3v) is 4.04. The van der Waals surface area contributed by atoms with Gasteiger partial charge in [-0.3, -0.25) is 9.69 Å². The number of hydrogen-bond acceptors (Lipinski definition) is 3. The molecule has 3 nitrogen and oxygen atoms in total. The largest absolute Gasteiger partial charge is 0.480 e. The van der Waals surface area contributed by atoms with Gasteiger partial charge in [-0.25, -0.2) is 0 Å². The lowest BCUT2D eigenvalue weighted by Gasteiger charge is -2.32. The van der Waals surface area contributed by atoms with Gasteiger partial charge in [0.05, 0.1) is 0 Å². The van der Waals surface area contributed by atoms with E-state index in [1.807, 2.05) is 0 Å². The van der Waals surface area contributed by atoms with Crippen LogP contribution in [0.3, 0.4) is 0 Å². The van der Waals surface area contributed by atoms with Gasteiger partial charge in [-0.05, 0) is 38.4 Å². The molecule has 1 atom stereocenters. The normalized spacial score (nSPS) is 22.2. The summed E-state index contributed by atoms with van der Waals surface area (Å²) in [7, 11) is 0. The molecule has 1 aromatic heterocycles. The van der Waals surface area contributed by atoms with E-state index in [0.717, 1.165) is 32.4 Å². The zero-order valence-corrected chi connectivity index (χ0v) is 10.3. The first-order chi connectivity index (χ1) is 7.66. The summed E-state index contributed by atoms with van der Waals surface area (Å²) >= 11 is 1.76. The lowest BCUT2D eigenvalue weighted by Crippen LogP contribution is -2.43. The first kappa shape index (κ1) is 11.6. The zero-order valence-electron chi connectivity index (χ0n) is 9.48. The van der Waals surface area contributed by atoms with Gasteiger partial charge in [-0.15, -0.1) is 11.3 Å². The van der Waals surface area contributed by atoms with Gasteiger partial charge >= 0.3 is 5.97 Å². The summed E-state index contributed by atoms with van der Waals surface area (Å²) in [5.41, 5.74) is 0. The fraction of sp³-hybridized carbons (Fsp3) is 0.583. The Hall–Kier alpha value is -0.870. The van der Waals surface area contributed by atoms with E-state index < -0.39 is 5.97 Å². The van der Waals surface area contributed by atoms with E-state index in [0.29, 0.717) is 0 Å². The second kappa shape index (κ2) is 4.97. The molecule has 88 valence electrons. The quantitative estimate of drug-likeness (QED) is 0.881. The van der Waals surface area contributed by atoms with E-state index in [2.05, 4.69) is 24.0 Å². The fourth-order valence-electron chi connectivity index (χ4n) is 2.23. The highest BCUT2D eigenvalue weighted by molar-refractivity contribution is 7.11. The molecular weight excluding hydrogens is 222 g/mol. The highest BCUT2D eigenvalue weighted by atomic mass is 32.1. The van der Waals surface area contributed by atoms with Gasteiger partial charge in [0, 0.05) is 16.3 Å². The van der Waals surface area contributed by atoms with Gasteiger partial charge in [0.1, 0.15) is 6.04 Å². The fourth-order valence-corrected chi connectivity index (χ4v) is 3.15. The van der Waals surface area contributed by atoms with Crippen molar-refractivity contribution in [3.8, 4) is 0 Å². The lowest BCUT2D eigenvalue weighted by molar-refractivity contribution is -0.144. The summed E-state index contributed by atoms with van der Waals surface area (Å²) in [4.78, 5) is 15.8. The Balaban J connectivity index is 2.03. The van der Waals surface area contributed by atoms with Crippen LogP contribution in [-0.2, 0) is 11.3 Å². The van der Waals surface area contributed by atoms with Crippen LogP contribution in [0.15, 0.2) is 12.1 Å². The van der Waals surface area contributed by atoms with E-state index in [4.69, 9.17) is 5.11 Å². The van der Waals surface area contributed by atoms with Crippen LogP contribution in [0, 0.1) is 6.92 Å². The van der Waals surface area contributed by atoms with Crippen molar-refractivity contribution in [3.05, 3.63) is 21.9 Å². The first-order valence-corrected chi connectivity index (χ1v) is 6.50.